The highest BCUT2D eigenvalue weighted by atomic mass is 19.1. The van der Waals surface area contributed by atoms with Gasteiger partial charge in [-0.1, -0.05) is 46.6 Å². The van der Waals surface area contributed by atoms with Crippen LogP contribution in [0.2, 0.25) is 0 Å². The van der Waals surface area contributed by atoms with Gasteiger partial charge in [0, 0.05) is 6.07 Å². The molecule has 1 aromatic carbocycles. The zero-order chi connectivity index (χ0) is 12.7. The Morgan fingerprint density at radius 3 is 1.88 bits per heavy atom. The van der Waals surface area contributed by atoms with Crippen LogP contribution in [0, 0.1) is 18.6 Å². The minimum Gasteiger partial charge on any atom is -0.207 e. The molecule has 0 heterocycles. The van der Waals surface area contributed by atoms with Gasteiger partial charge in [-0.3, -0.25) is 0 Å². The summed E-state index contributed by atoms with van der Waals surface area (Å²) in [7, 11) is 0. The van der Waals surface area contributed by atoms with E-state index >= 15 is 0 Å². The summed E-state index contributed by atoms with van der Waals surface area (Å²) in [5.74, 6) is -0.825. The first-order chi connectivity index (χ1) is 7.43. The third-order valence-electron chi connectivity index (χ3n) is 2.40. The van der Waals surface area contributed by atoms with Crippen molar-refractivity contribution in [2.45, 2.75) is 53.4 Å². The highest BCUT2D eigenvalue weighted by molar-refractivity contribution is 5.27. The molecule has 0 aromatic heterocycles. The number of benzene rings is 1. The summed E-state index contributed by atoms with van der Waals surface area (Å²) in [5.41, 5.74) is 1.08. The molecule has 0 spiro atoms. The topological polar surface area (TPSA) is 0 Å². The van der Waals surface area contributed by atoms with E-state index in [4.69, 9.17) is 0 Å². The number of halogens is 2. The van der Waals surface area contributed by atoms with Gasteiger partial charge in [-0.15, -0.1) is 0 Å². The van der Waals surface area contributed by atoms with E-state index in [1.54, 1.807) is 13.0 Å². The Balaban J connectivity index is 0.000000487. The van der Waals surface area contributed by atoms with Gasteiger partial charge in [0.25, 0.3) is 0 Å². The normalized spacial score (nSPS) is 10.0. The molecule has 0 saturated carbocycles. The van der Waals surface area contributed by atoms with Crippen molar-refractivity contribution in [1.29, 1.82) is 0 Å². The Labute approximate surface area is 97.7 Å². The Kier molecular flexibility index (Phi) is 6.95. The Bertz CT molecular complexity index is 315. The van der Waals surface area contributed by atoms with Crippen LogP contribution < -0.4 is 0 Å². The van der Waals surface area contributed by atoms with Crippen LogP contribution in [-0.4, -0.2) is 0 Å². The van der Waals surface area contributed by atoms with Crippen LogP contribution in [0.5, 0.6) is 0 Å². The van der Waals surface area contributed by atoms with Gasteiger partial charge in [0.15, 0.2) is 0 Å². The summed E-state index contributed by atoms with van der Waals surface area (Å²) in [6, 6.07) is 2.51. The number of unbranched alkanes of at least 4 members (excludes halogenated alkanes) is 1. The second-order valence-corrected chi connectivity index (χ2v) is 4.28. The van der Waals surface area contributed by atoms with E-state index in [0.29, 0.717) is 11.1 Å². The highest BCUT2D eigenvalue weighted by Crippen LogP contribution is 2.21. The van der Waals surface area contributed by atoms with Crippen molar-refractivity contribution in [3.05, 3.63) is 34.9 Å². The zero-order valence-corrected chi connectivity index (χ0v) is 10.9. The van der Waals surface area contributed by atoms with E-state index in [-0.39, 0.29) is 5.92 Å². The first-order valence-corrected chi connectivity index (χ1v) is 5.89. The lowest BCUT2D eigenvalue weighted by atomic mass is 10.0. The van der Waals surface area contributed by atoms with Crippen LogP contribution in [0.4, 0.5) is 8.78 Å². The van der Waals surface area contributed by atoms with Crippen LogP contribution in [-0.2, 0) is 0 Å². The van der Waals surface area contributed by atoms with Crippen molar-refractivity contribution in [3.63, 3.8) is 0 Å². The van der Waals surface area contributed by atoms with Gasteiger partial charge in [0.1, 0.15) is 11.6 Å². The molecule has 16 heavy (non-hydrogen) atoms. The maximum atomic E-state index is 13.0. The second kappa shape index (κ2) is 7.37. The van der Waals surface area contributed by atoms with Crippen molar-refractivity contribution in [3.8, 4) is 0 Å². The molecule has 1 aromatic rings. The fourth-order valence-corrected chi connectivity index (χ4v) is 1.12. The largest absolute Gasteiger partial charge is 0.207 e. The minimum absolute atomic E-state index is 0.101. The third kappa shape index (κ3) is 4.73. The Hall–Kier alpha value is -0.920. The molecule has 0 fully saturated rings. The summed E-state index contributed by atoms with van der Waals surface area (Å²) in [4.78, 5) is 0. The summed E-state index contributed by atoms with van der Waals surface area (Å²) >= 11 is 0. The Morgan fingerprint density at radius 1 is 1.00 bits per heavy atom. The fraction of sp³-hybridized carbons (Fsp3) is 0.571. The standard InChI is InChI=1S/C10H12F2.C4H10/c1-6(2)8-4-7(3)9(11)5-10(8)12;1-3-4-2/h4-6H,1-3H3;3-4H2,1-2H3. The average molecular weight is 228 g/mol. The maximum absolute atomic E-state index is 13.0. The van der Waals surface area contributed by atoms with Crippen LogP contribution in [0.15, 0.2) is 12.1 Å². The molecule has 0 aliphatic carbocycles. The van der Waals surface area contributed by atoms with Crippen LogP contribution >= 0.6 is 0 Å². The molecule has 0 aliphatic rings. The molecule has 2 heteroatoms. The molecule has 0 N–H and O–H groups in total. The molecule has 0 saturated heterocycles. The third-order valence-corrected chi connectivity index (χ3v) is 2.40. The predicted molar refractivity (Wildman–Crippen MR) is 65.8 cm³/mol. The van der Waals surface area contributed by atoms with Crippen molar-refractivity contribution in [1.82, 2.24) is 0 Å². The monoisotopic (exact) mass is 228 g/mol. The molecule has 0 radical (unpaired) electrons. The van der Waals surface area contributed by atoms with E-state index in [0.717, 1.165) is 6.07 Å². The van der Waals surface area contributed by atoms with Crippen molar-refractivity contribution in [2.24, 2.45) is 0 Å². The molecule has 0 atom stereocenters. The van der Waals surface area contributed by atoms with Crippen LogP contribution in [0.1, 0.15) is 57.6 Å². The smallest absolute Gasteiger partial charge is 0.129 e. The number of aryl methyl sites for hydroxylation is 1. The van der Waals surface area contributed by atoms with E-state index in [9.17, 15) is 8.78 Å². The predicted octanol–water partition coefficient (Wildman–Crippen LogP) is 5.20. The van der Waals surface area contributed by atoms with Crippen LogP contribution in [0.3, 0.4) is 0 Å². The van der Waals surface area contributed by atoms with Crippen molar-refractivity contribution in [2.75, 3.05) is 0 Å². The number of hydrogen-bond acceptors (Lipinski definition) is 0. The quantitative estimate of drug-likeness (QED) is 0.652. The summed E-state index contributed by atoms with van der Waals surface area (Å²) < 4.78 is 25.8. The molecule has 0 amide bonds. The Morgan fingerprint density at radius 2 is 1.50 bits per heavy atom. The van der Waals surface area contributed by atoms with Gasteiger partial charge in [0.2, 0.25) is 0 Å². The number of hydrogen-bond donors (Lipinski definition) is 0. The minimum atomic E-state index is -0.475. The van der Waals surface area contributed by atoms with E-state index in [1.807, 2.05) is 13.8 Å². The van der Waals surface area contributed by atoms with Gasteiger partial charge >= 0.3 is 0 Å². The molecule has 0 bridgehead atoms. The van der Waals surface area contributed by atoms with E-state index < -0.39 is 11.6 Å². The first-order valence-electron chi connectivity index (χ1n) is 5.89. The molecular weight excluding hydrogens is 206 g/mol. The average Bonchev–Trinajstić information content (AvgIpc) is 2.23. The number of rotatable bonds is 2. The van der Waals surface area contributed by atoms with E-state index in [2.05, 4.69) is 13.8 Å². The first kappa shape index (κ1) is 15.1. The molecule has 0 unspecified atom stereocenters. The summed E-state index contributed by atoms with van der Waals surface area (Å²) in [5, 5.41) is 0. The fourth-order valence-electron chi connectivity index (χ4n) is 1.12. The van der Waals surface area contributed by atoms with Gasteiger partial charge < -0.3 is 0 Å². The maximum Gasteiger partial charge on any atom is 0.129 e. The summed E-state index contributed by atoms with van der Waals surface area (Å²) in [6.45, 7) is 9.77. The molecule has 92 valence electrons. The molecule has 0 nitrogen and oxygen atoms in total. The molecule has 0 aliphatic heterocycles. The van der Waals surface area contributed by atoms with Gasteiger partial charge in [-0.2, -0.15) is 0 Å². The van der Waals surface area contributed by atoms with Crippen molar-refractivity contribution >= 4 is 0 Å². The molecule has 1 rings (SSSR count). The lowest BCUT2D eigenvalue weighted by Gasteiger charge is -2.08. The highest BCUT2D eigenvalue weighted by Gasteiger charge is 2.09. The van der Waals surface area contributed by atoms with Crippen molar-refractivity contribution < 1.29 is 8.78 Å². The van der Waals surface area contributed by atoms with Gasteiger partial charge in [0.05, 0.1) is 0 Å². The zero-order valence-electron chi connectivity index (χ0n) is 10.9. The van der Waals surface area contributed by atoms with Crippen LogP contribution in [0.25, 0.3) is 0 Å². The lowest BCUT2D eigenvalue weighted by molar-refractivity contribution is 0.560. The van der Waals surface area contributed by atoms with Gasteiger partial charge in [-0.05, 0) is 24.0 Å². The van der Waals surface area contributed by atoms with Gasteiger partial charge in [-0.25, -0.2) is 8.78 Å². The lowest BCUT2D eigenvalue weighted by Crippen LogP contribution is -1.96. The second-order valence-electron chi connectivity index (χ2n) is 4.28. The SMILES string of the molecule is CCCC.Cc1cc(C(C)C)c(F)cc1F. The summed E-state index contributed by atoms with van der Waals surface area (Å²) in [6.07, 6.45) is 2.64. The van der Waals surface area contributed by atoms with E-state index in [1.165, 1.54) is 12.8 Å². The molecular formula is C14H22F2.